The summed E-state index contributed by atoms with van der Waals surface area (Å²) in [6.07, 6.45) is 2.80. The molecule has 0 N–H and O–H groups in total. The topological polar surface area (TPSA) is 30.2 Å². The molecule has 0 aliphatic carbocycles. The average molecular weight is 418 g/mol. The molecule has 5 heteroatoms. The molecule has 0 saturated heterocycles. The Balaban J connectivity index is 1.66. The number of fused-ring (bicyclic) bond motifs is 1. The highest BCUT2D eigenvalue weighted by atomic mass is 35.5. The predicted molar refractivity (Wildman–Crippen MR) is 120 cm³/mol. The fourth-order valence-corrected chi connectivity index (χ4v) is 4.11. The third-order valence-corrected chi connectivity index (χ3v) is 5.78. The Bertz CT molecular complexity index is 1190. The number of aromatic nitrogens is 2. The summed E-state index contributed by atoms with van der Waals surface area (Å²) in [5.41, 5.74) is 5.05. The van der Waals surface area contributed by atoms with E-state index in [1.807, 2.05) is 60.7 Å². The Kier molecular flexibility index (Phi) is 4.70. The van der Waals surface area contributed by atoms with Gasteiger partial charge in [0.15, 0.2) is 0 Å². The maximum atomic E-state index is 6.57. The van der Waals surface area contributed by atoms with Crippen LogP contribution in [-0.2, 0) is 0 Å². The Labute approximate surface area is 179 Å². The molecule has 0 unspecified atom stereocenters. The first-order valence-electron chi connectivity index (χ1n) is 9.41. The maximum Gasteiger partial charge on any atom is 0.230 e. The molecule has 1 aliphatic rings. The van der Waals surface area contributed by atoms with E-state index in [0.717, 1.165) is 39.5 Å². The van der Waals surface area contributed by atoms with Crippen LogP contribution in [0.15, 0.2) is 90.1 Å². The summed E-state index contributed by atoms with van der Waals surface area (Å²) in [5.74, 6) is 0.685. The Morgan fingerprint density at radius 3 is 2.28 bits per heavy atom. The van der Waals surface area contributed by atoms with Crippen molar-refractivity contribution < 1.29 is 0 Å². The summed E-state index contributed by atoms with van der Waals surface area (Å²) in [5, 5.41) is 1.46. The molecule has 0 radical (unpaired) electrons. The number of nitrogens with zero attached hydrogens (tertiary/aromatic N) is 3. The zero-order valence-corrected chi connectivity index (χ0v) is 17.0. The van der Waals surface area contributed by atoms with E-state index in [4.69, 9.17) is 33.2 Å². The summed E-state index contributed by atoms with van der Waals surface area (Å²) in [6, 6.07) is 25.9. The summed E-state index contributed by atoms with van der Waals surface area (Å²) >= 11 is 12.6. The van der Waals surface area contributed by atoms with Crippen LogP contribution in [0, 0.1) is 0 Å². The van der Waals surface area contributed by atoms with E-state index >= 15 is 0 Å². The summed E-state index contributed by atoms with van der Waals surface area (Å²) in [7, 11) is 0. The Hall–Kier alpha value is -2.88. The van der Waals surface area contributed by atoms with E-state index in [0.29, 0.717) is 11.0 Å². The second-order valence-corrected chi connectivity index (χ2v) is 7.85. The van der Waals surface area contributed by atoms with Gasteiger partial charge in [-0.05, 0) is 29.3 Å². The van der Waals surface area contributed by atoms with Crippen molar-refractivity contribution in [2.24, 2.45) is 4.99 Å². The zero-order valence-electron chi connectivity index (χ0n) is 15.5. The third kappa shape index (κ3) is 3.48. The van der Waals surface area contributed by atoms with Crippen LogP contribution < -0.4 is 0 Å². The Morgan fingerprint density at radius 1 is 0.793 bits per heavy atom. The van der Waals surface area contributed by atoms with Crippen LogP contribution >= 0.6 is 23.2 Å². The fourth-order valence-electron chi connectivity index (χ4n) is 3.72. The molecule has 2 heterocycles. The van der Waals surface area contributed by atoms with Crippen LogP contribution in [-0.4, -0.2) is 15.3 Å². The van der Waals surface area contributed by atoms with Gasteiger partial charge in [-0.1, -0.05) is 83.9 Å². The second-order valence-electron chi connectivity index (χ2n) is 7.01. The summed E-state index contributed by atoms with van der Waals surface area (Å²) in [6.45, 7) is 0. The highest BCUT2D eigenvalue weighted by Crippen LogP contribution is 2.38. The van der Waals surface area contributed by atoms with Gasteiger partial charge in [0.1, 0.15) is 0 Å². The van der Waals surface area contributed by atoms with E-state index in [1.165, 1.54) is 0 Å². The van der Waals surface area contributed by atoms with Crippen molar-refractivity contribution in [2.45, 2.75) is 12.5 Å². The van der Waals surface area contributed by atoms with Crippen LogP contribution in [0.25, 0.3) is 11.3 Å². The monoisotopic (exact) mass is 417 g/mol. The summed E-state index contributed by atoms with van der Waals surface area (Å²) < 4.78 is 2.13. The van der Waals surface area contributed by atoms with Crippen molar-refractivity contribution in [1.82, 2.24) is 9.55 Å². The van der Waals surface area contributed by atoms with Crippen LogP contribution in [0.4, 0.5) is 5.95 Å². The number of rotatable bonds is 3. The molecule has 1 atom stereocenters. The van der Waals surface area contributed by atoms with Crippen molar-refractivity contribution in [3.8, 4) is 11.3 Å². The lowest BCUT2D eigenvalue weighted by atomic mass is 9.95. The molecule has 29 heavy (non-hydrogen) atoms. The van der Waals surface area contributed by atoms with E-state index in [2.05, 4.69) is 29.0 Å². The molecule has 3 aromatic carbocycles. The van der Waals surface area contributed by atoms with Crippen LogP contribution in [0.2, 0.25) is 10.0 Å². The number of hydrogen-bond donors (Lipinski definition) is 0. The van der Waals surface area contributed by atoms with Gasteiger partial charge in [-0.15, -0.1) is 0 Å². The van der Waals surface area contributed by atoms with Gasteiger partial charge in [0, 0.05) is 28.2 Å². The van der Waals surface area contributed by atoms with Crippen LogP contribution in [0.5, 0.6) is 0 Å². The first-order valence-corrected chi connectivity index (χ1v) is 10.2. The molecular formula is C24H17Cl2N3. The molecule has 4 aromatic rings. The summed E-state index contributed by atoms with van der Waals surface area (Å²) in [4.78, 5) is 9.71. The standard InChI is InChI=1S/C24H17Cl2N3/c25-18-12-10-17(11-13-18)21-14-23(19-8-4-5-9-20(19)26)29-15-22(28-24(29)27-21)16-6-2-1-3-7-16/h1-13,15,23H,14H2/t23-/m0/s1. The normalized spacial score (nSPS) is 15.7. The average Bonchev–Trinajstić information content (AvgIpc) is 3.19. The van der Waals surface area contributed by atoms with Gasteiger partial charge in [0.05, 0.1) is 17.4 Å². The van der Waals surface area contributed by atoms with E-state index < -0.39 is 0 Å². The lowest BCUT2D eigenvalue weighted by molar-refractivity contribution is 0.596. The van der Waals surface area contributed by atoms with Crippen LogP contribution in [0.3, 0.4) is 0 Å². The first kappa shape index (κ1) is 18.2. The first-order chi connectivity index (χ1) is 14.2. The molecule has 1 aromatic heterocycles. The van der Waals surface area contributed by atoms with E-state index in [9.17, 15) is 0 Å². The lowest BCUT2D eigenvalue weighted by Gasteiger charge is -2.26. The van der Waals surface area contributed by atoms with Gasteiger partial charge in [-0.3, -0.25) is 0 Å². The van der Waals surface area contributed by atoms with Gasteiger partial charge in [0.25, 0.3) is 0 Å². The van der Waals surface area contributed by atoms with Gasteiger partial charge in [-0.2, -0.15) is 0 Å². The number of halogens is 2. The molecule has 1 aliphatic heterocycles. The highest BCUT2D eigenvalue weighted by Gasteiger charge is 2.27. The molecule has 0 fully saturated rings. The highest BCUT2D eigenvalue weighted by molar-refractivity contribution is 6.31. The van der Waals surface area contributed by atoms with Crippen molar-refractivity contribution in [1.29, 1.82) is 0 Å². The van der Waals surface area contributed by atoms with Crippen molar-refractivity contribution in [2.75, 3.05) is 0 Å². The van der Waals surface area contributed by atoms with Crippen molar-refractivity contribution in [3.63, 3.8) is 0 Å². The molecular weight excluding hydrogens is 401 g/mol. The van der Waals surface area contributed by atoms with Crippen molar-refractivity contribution >= 4 is 34.9 Å². The molecule has 0 saturated carbocycles. The number of imidazole rings is 1. The van der Waals surface area contributed by atoms with Crippen LogP contribution in [0.1, 0.15) is 23.6 Å². The fraction of sp³-hybridized carbons (Fsp3) is 0.0833. The SMILES string of the molecule is Clc1ccc(C2=Nc3nc(-c4ccccc4)cn3[C@H](c3ccccc3Cl)C2)cc1. The van der Waals surface area contributed by atoms with E-state index in [1.54, 1.807) is 0 Å². The van der Waals surface area contributed by atoms with Gasteiger partial charge in [-0.25, -0.2) is 9.98 Å². The minimum atomic E-state index is 0.0202. The third-order valence-electron chi connectivity index (χ3n) is 5.18. The Morgan fingerprint density at radius 2 is 1.52 bits per heavy atom. The smallest absolute Gasteiger partial charge is 0.230 e. The number of benzene rings is 3. The second kappa shape index (κ2) is 7.51. The largest absolute Gasteiger partial charge is 0.307 e. The minimum Gasteiger partial charge on any atom is -0.307 e. The lowest BCUT2D eigenvalue weighted by Crippen LogP contribution is -2.20. The van der Waals surface area contributed by atoms with Crippen molar-refractivity contribution in [3.05, 3.63) is 106 Å². The minimum absolute atomic E-state index is 0.0202. The van der Waals surface area contributed by atoms with E-state index in [-0.39, 0.29) is 6.04 Å². The zero-order chi connectivity index (χ0) is 19.8. The molecule has 3 nitrogen and oxygen atoms in total. The molecule has 0 amide bonds. The van der Waals surface area contributed by atoms with Gasteiger partial charge < -0.3 is 4.57 Å². The number of aliphatic imine (C=N–C) groups is 1. The predicted octanol–water partition coefficient (Wildman–Crippen LogP) is 6.97. The quantitative estimate of drug-likeness (QED) is 0.353. The molecule has 0 bridgehead atoms. The molecule has 0 spiro atoms. The maximum absolute atomic E-state index is 6.57. The molecule has 142 valence electrons. The van der Waals surface area contributed by atoms with Gasteiger partial charge >= 0.3 is 0 Å². The molecule has 5 rings (SSSR count). The van der Waals surface area contributed by atoms with Gasteiger partial charge in [0.2, 0.25) is 5.95 Å². The number of hydrogen-bond acceptors (Lipinski definition) is 2.